The van der Waals surface area contributed by atoms with Crippen LogP contribution in [0.2, 0.25) is 5.02 Å². The molecule has 0 spiro atoms. The number of nitrogens with one attached hydrogen (secondary N) is 1. The molecule has 0 saturated carbocycles. The molecule has 0 bridgehead atoms. The molecule has 0 aliphatic carbocycles. The quantitative estimate of drug-likeness (QED) is 0.382. The Hall–Kier alpha value is -2.33. The van der Waals surface area contributed by atoms with Crippen molar-refractivity contribution in [2.24, 2.45) is 5.73 Å². The summed E-state index contributed by atoms with van der Waals surface area (Å²) < 4.78 is 0. The molecule has 5 heteroatoms. The second-order valence-corrected chi connectivity index (χ2v) is 5.25. The van der Waals surface area contributed by atoms with Gasteiger partial charge in [-0.2, -0.15) is 0 Å². The summed E-state index contributed by atoms with van der Waals surface area (Å²) in [6, 6.07) is 16.4. The Kier molecular flexibility index (Phi) is 5.55. The highest BCUT2D eigenvalue weighted by Crippen LogP contribution is 2.19. The van der Waals surface area contributed by atoms with E-state index in [-0.39, 0.29) is 17.7 Å². The summed E-state index contributed by atoms with van der Waals surface area (Å²) in [7, 11) is 0. The van der Waals surface area contributed by atoms with Gasteiger partial charge >= 0.3 is 11.8 Å². The minimum Gasteiger partial charge on any atom is -0.284 e. The van der Waals surface area contributed by atoms with Crippen molar-refractivity contribution < 1.29 is 14.8 Å². The third kappa shape index (κ3) is 4.09. The average molecular weight is 318 g/mol. The van der Waals surface area contributed by atoms with E-state index in [9.17, 15) is 4.79 Å². The number of benzene rings is 2. The van der Waals surface area contributed by atoms with Crippen LogP contribution in [0.25, 0.3) is 0 Å². The Morgan fingerprint density at radius 2 is 1.82 bits per heavy atom. The van der Waals surface area contributed by atoms with Crippen LogP contribution in [0.5, 0.6) is 0 Å². The summed E-state index contributed by atoms with van der Waals surface area (Å²) >= 11 is 5.82. The zero-order chi connectivity index (χ0) is 15.9. The van der Waals surface area contributed by atoms with E-state index in [0.717, 1.165) is 5.56 Å². The molecule has 0 aliphatic heterocycles. The van der Waals surface area contributed by atoms with Crippen LogP contribution in [0.4, 0.5) is 0 Å². The minimum atomic E-state index is -0.370. The molecular formula is C17H18ClN2O2+. The lowest BCUT2D eigenvalue weighted by Crippen LogP contribution is -2.76. The molecule has 0 unspecified atom stereocenters. The van der Waals surface area contributed by atoms with E-state index in [4.69, 9.17) is 22.2 Å². The van der Waals surface area contributed by atoms with Gasteiger partial charge in [-0.3, -0.25) is 10.6 Å². The van der Waals surface area contributed by atoms with Crippen LogP contribution in [0.1, 0.15) is 30.4 Å². The highest BCUT2D eigenvalue weighted by molar-refractivity contribution is 6.30. The van der Waals surface area contributed by atoms with Gasteiger partial charge in [-0.25, -0.2) is 4.79 Å². The Morgan fingerprint density at radius 3 is 2.41 bits per heavy atom. The normalized spacial score (nSPS) is 12.7. The number of carbonyl (C=O) groups is 1. The van der Waals surface area contributed by atoms with Gasteiger partial charge in [0.05, 0.1) is 11.5 Å². The first-order valence-electron chi connectivity index (χ1n) is 7.01. The molecule has 0 fully saturated rings. The SMILES string of the molecule is CC[C@@H](C(=O)O[NH+]=C(N)c1ccc(Cl)cc1)c1ccccc1. The van der Waals surface area contributed by atoms with Crippen molar-refractivity contribution in [3.63, 3.8) is 0 Å². The maximum absolute atomic E-state index is 12.2. The molecule has 0 aliphatic rings. The topological polar surface area (TPSA) is 66.3 Å². The summed E-state index contributed by atoms with van der Waals surface area (Å²) in [5.41, 5.74) is 7.48. The van der Waals surface area contributed by atoms with E-state index in [1.807, 2.05) is 37.3 Å². The van der Waals surface area contributed by atoms with E-state index in [2.05, 4.69) is 5.16 Å². The molecule has 0 aromatic heterocycles. The zero-order valence-corrected chi connectivity index (χ0v) is 13.0. The minimum absolute atomic E-state index is 0.257. The predicted octanol–water partition coefficient (Wildman–Crippen LogP) is 1.78. The summed E-state index contributed by atoms with van der Waals surface area (Å²) in [5.74, 6) is -0.440. The second kappa shape index (κ2) is 7.61. The van der Waals surface area contributed by atoms with Crippen LogP contribution in [-0.4, -0.2) is 11.8 Å². The molecule has 22 heavy (non-hydrogen) atoms. The summed E-state index contributed by atoms with van der Waals surface area (Å²) in [5, 5.41) is 3.12. The number of halogens is 1. The van der Waals surface area contributed by atoms with E-state index >= 15 is 0 Å². The summed E-state index contributed by atoms with van der Waals surface area (Å²) in [6.07, 6.45) is 0.644. The molecule has 114 valence electrons. The van der Waals surface area contributed by atoms with Crippen LogP contribution in [0, 0.1) is 0 Å². The fourth-order valence-electron chi connectivity index (χ4n) is 2.09. The summed E-state index contributed by atoms with van der Waals surface area (Å²) in [6.45, 7) is 1.94. The molecule has 2 aromatic rings. The Morgan fingerprint density at radius 1 is 1.18 bits per heavy atom. The predicted molar refractivity (Wildman–Crippen MR) is 86.3 cm³/mol. The fraction of sp³-hybridized carbons (Fsp3) is 0.176. The van der Waals surface area contributed by atoms with Gasteiger partial charge in [-0.1, -0.05) is 54.0 Å². The highest BCUT2D eigenvalue weighted by atomic mass is 35.5. The number of rotatable bonds is 5. The van der Waals surface area contributed by atoms with Crippen LogP contribution in [0.3, 0.4) is 0 Å². The van der Waals surface area contributed by atoms with Crippen molar-refractivity contribution >= 4 is 23.4 Å². The highest BCUT2D eigenvalue weighted by Gasteiger charge is 2.21. The van der Waals surface area contributed by atoms with Crippen molar-refractivity contribution in [3.05, 3.63) is 70.7 Å². The van der Waals surface area contributed by atoms with Gasteiger partial charge in [0.2, 0.25) is 0 Å². The van der Waals surface area contributed by atoms with Crippen LogP contribution in [0.15, 0.2) is 54.6 Å². The first kappa shape index (κ1) is 16.0. The molecule has 0 heterocycles. The van der Waals surface area contributed by atoms with Gasteiger partial charge in [-0.05, 0) is 36.2 Å². The van der Waals surface area contributed by atoms with Gasteiger partial charge in [-0.15, -0.1) is 0 Å². The van der Waals surface area contributed by atoms with E-state index < -0.39 is 0 Å². The molecule has 0 saturated heterocycles. The van der Waals surface area contributed by atoms with E-state index in [0.29, 0.717) is 17.0 Å². The summed E-state index contributed by atoms with van der Waals surface area (Å²) in [4.78, 5) is 17.3. The van der Waals surface area contributed by atoms with E-state index in [1.165, 1.54) is 0 Å². The number of hydrogen-bond donors (Lipinski definition) is 2. The number of carbonyl (C=O) groups excluding carboxylic acids is 1. The van der Waals surface area contributed by atoms with Crippen LogP contribution >= 0.6 is 11.6 Å². The molecule has 0 amide bonds. The average Bonchev–Trinajstić information content (AvgIpc) is 2.55. The monoisotopic (exact) mass is 317 g/mol. The first-order chi connectivity index (χ1) is 10.6. The molecular weight excluding hydrogens is 300 g/mol. The van der Waals surface area contributed by atoms with Gasteiger partial charge in [0.15, 0.2) is 0 Å². The third-order valence-corrected chi connectivity index (χ3v) is 3.56. The van der Waals surface area contributed by atoms with E-state index in [1.54, 1.807) is 24.3 Å². The van der Waals surface area contributed by atoms with Crippen molar-refractivity contribution in [1.82, 2.24) is 0 Å². The zero-order valence-electron chi connectivity index (χ0n) is 12.3. The number of hydrogen-bond acceptors (Lipinski definition) is 2. The smallest absolute Gasteiger partial charge is 0.284 e. The van der Waals surface area contributed by atoms with Crippen molar-refractivity contribution in [3.8, 4) is 0 Å². The van der Waals surface area contributed by atoms with Gasteiger partial charge in [0, 0.05) is 5.02 Å². The van der Waals surface area contributed by atoms with Crippen molar-refractivity contribution in [2.75, 3.05) is 0 Å². The maximum atomic E-state index is 12.2. The lowest BCUT2D eigenvalue weighted by molar-refractivity contribution is -0.724. The molecule has 2 rings (SSSR count). The second-order valence-electron chi connectivity index (χ2n) is 4.82. The Labute approximate surface area is 134 Å². The van der Waals surface area contributed by atoms with Crippen molar-refractivity contribution in [1.29, 1.82) is 0 Å². The lowest BCUT2D eigenvalue weighted by atomic mass is 9.97. The molecule has 0 radical (unpaired) electrons. The number of amidine groups is 1. The molecule has 1 atom stereocenters. The lowest BCUT2D eigenvalue weighted by Gasteiger charge is -2.10. The third-order valence-electron chi connectivity index (χ3n) is 3.31. The largest absolute Gasteiger partial charge is 0.364 e. The fourth-order valence-corrected chi connectivity index (χ4v) is 2.21. The van der Waals surface area contributed by atoms with Crippen molar-refractivity contribution in [2.45, 2.75) is 19.3 Å². The maximum Gasteiger partial charge on any atom is 0.364 e. The van der Waals surface area contributed by atoms with Gasteiger partial charge in [0.25, 0.3) is 0 Å². The Bertz CT molecular complexity index is 654. The van der Waals surface area contributed by atoms with Crippen LogP contribution < -0.4 is 10.9 Å². The Balaban J connectivity index is 2.07. The number of nitrogens with two attached hydrogens (primary N) is 1. The van der Waals surface area contributed by atoms with Crippen LogP contribution in [-0.2, 0) is 9.63 Å². The molecule has 2 aromatic carbocycles. The number of nitrogen functional groups attached to an aromatic ring is 1. The van der Waals surface area contributed by atoms with Gasteiger partial charge < -0.3 is 0 Å². The first-order valence-corrected chi connectivity index (χ1v) is 7.39. The van der Waals surface area contributed by atoms with Gasteiger partial charge in [0.1, 0.15) is 0 Å². The standard InChI is InChI=1S/C17H17ClN2O2/c1-2-15(12-6-4-3-5-7-12)17(21)22-20-16(19)13-8-10-14(18)11-9-13/h3-11,15H,2H2,1H3,(H2,19,20)/p+1/t15-/m1/s1. The molecule has 3 N–H and O–H groups in total. The molecule has 4 nitrogen and oxygen atoms in total.